The van der Waals surface area contributed by atoms with Gasteiger partial charge in [0.25, 0.3) is 0 Å². The number of rotatable bonds is 3. The van der Waals surface area contributed by atoms with Crippen LogP contribution in [0.1, 0.15) is 23.6 Å². The average Bonchev–Trinajstić information content (AvgIpc) is 2.14. The van der Waals surface area contributed by atoms with Crippen LogP contribution in [0, 0.1) is 20.8 Å². The maximum atomic E-state index is 9.48. The number of hydrogen-bond acceptors (Lipinski definition) is 2. The van der Waals surface area contributed by atoms with E-state index in [1.807, 2.05) is 18.7 Å². The molecule has 1 aromatic carbocycles. The average molecular weight is 205 g/mol. The second-order valence-corrected chi connectivity index (χ2v) is 3.88. The van der Waals surface area contributed by atoms with E-state index in [4.69, 9.17) is 0 Å². The molecule has 0 amide bonds. The van der Waals surface area contributed by atoms with Crippen LogP contribution in [0.3, 0.4) is 0 Å². The van der Waals surface area contributed by atoms with Crippen molar-refractivity contribution in [1.82, 2.24) is 0 Å². The van der Waals surface area contributed by atoms with Crippen LogP contribution >= 0.6 is 0 Å². The lowest BCUT2D eigenvalue weighted by Crippen LogP contribution is -2.22. The third kappa shape index (κ3) is 2.32. The van der Waals surface area contributed by atoms with Crippen molar-refractivity contribution in [2.75, 3.05) is 11.4 Å². The number of anilines is 1. The number of aryl methyl sites for hydroxylation is 3. The summed E-state index contributed by atoms with van der Waals surface area (Å²) in [5, 5.41) is 9.48. The Morgan fingerprint density at radius 3 is 2.20 bits per heavy atom. The Hall–Kier alpha value is -1.44. The van der Waals surface area contributed by atoms with Gasteiger partial charge in [-0.05, 0) is 57.0 Å². The Balaban J connectivity index is 3.24. The summed E-state index contributed by atoms with van der Waals surface area (Å²) in [4.78, 5) is 1.81. The Bertz CT molecular complexity index is 382. The highest BCUT2D eigenvalue weighted by molar-refractivity contribution is 5.59. The Morgan fingerprint density at radius 1 is 1.20 bits per heavy atom. The van der Waals surface area contributed by atoms with Crippen LogP contribution in [0.5, 0.6) is 0 Å². The third-order valence-electron chi connectivity index (χ3n) is 2.73. The van der Waals surface area contributed by atoms with Gasteiger partial charge >= 0.3 is 0 Å². The van der Waals surface area contributed by atoms with Crippen molar-refractivity contribution in [3.05, 3.63) is 41.3 Å². The van der Waals surface area contributed by atoms with Crippen molar-refractivity contribution in [2.24, 2.45) is 0 Å². The second-order valence-electron chi connectivity index (χ2n) is 3.88. The maximum absolute atomic E-state index is 9.48. The number of nitrogens with zero attached hydrogens (tertiary/aromatic N) is 1. The van der Waals surface area contributed by atoms with Crippen molar-refractivity contribution in [1.29, 1.82) is 0 Å². The molecule has 0 saturated carbocycles. The van der Waals surface area contributed by atoms with E-state index in [1.54, 1.807) is 0 Å². The lowest BCUT2D eigenvalue weighted by atomic mass is 10.0. The van der Waals surface area contributed by atoms with E-state index in [0.29, 0.717) is 0 Å². The molecule has 0 aliphatic heterocycles. The lowest BCUT2D eigenvalue weighted by Gasteiger charge is -2.24. The summed E-state index contributed by atoms with van der Waals surface area (Å²) in [5.41, 5.74) is 4.70. The molecule has 2 nitrogen and oxygen atoms in total. The van der Waals surface area contributed by atoms with Gasteiger partial charge in [0.1, 0.15) is 0 Å². The van der Waals surface area contributed by atoms with Gasteiger partial charge in [-0.25, -0.2) is 0 Å². The highest BCUT2D eigenvalue weighted by atomic mass is 16.3. The first-order valence-corrected chi connectivity index (χ1v) is 5.20. The molecule has 2 heteroatoms. The zero-order valence-corrected chi connectivity index (χ0v) is 9.96. The number of aliphatic hydroxyl groups is 1. The topological polar surface area (TPSA) is 23.5 Å². The lowest BCUT2D eigenvalue weighted by molar-refractivity contribution is 0.394. The van der Waals surface area contributed by atoms with Crippen LogP contribution in [0.4, 0.5) is 5.69 Å². The zero-order chi connectivity index (χ0) is 11.6. The molecule has 0 bridgehead atoms. The molecule has 0 spiro atoms. The maximum Gasteiger partial charge on any atom is 0.183 e. The summed E-state index contributed by atoms with van der Waals surface area (Å²) in [6.07, 6.45) is 0. The molecule has 1 N–H and O–H groups in total. The van der Waals surface area contributed by atoms with Crippen LogP contribution < -0.4 is 4.90 Å². The van der Waals surface area contributed by atoms with Crippen molar-refractivity contribution in [3.8, 4) is 0 Å². The molecule has 0 saturated heterocycles. The summed E-state index contributed by atoms with van der Waals surface area (Å²) >= 11 is 0. The van der Waals surface area contributed by atoms with Gasteiger partial charge in [0, 0.05) is 12.2 Å². The van der Waals surface area contributed by atoms with E-state index in [9.17, 15) is 5.11 Å². The molecule has 0 aliphatic carbocycles. The third-order valence-corrected chi connectivity index (χ3v) is 2.73. The van der Waals surface area contributed by atoms with Gasteiger partial charge in [-0.1, -0.05) is 6.07 Å². The SMILES string of the molecule is C=C(O)N(CC)c1cc(C)c(C)cc1C. The van der Waals surface area contributed by atoms with Crippen LogP contribution in [0.2, 0.25) is 0 Å². The summed E-state index contributed by atoms with van der Waals surface area (Å²) in [7, 11) is 0. The Morgan fingerprint density at radius 2 is 1.73 bits per heavy atom. The second kappa shape index (κ2) is 4.39. The van der Waals surface area contributed by atoms with Gasteiger partial charge < -0.3 is 10.0 Å². The molecule has 0 aliphatic rings. The number of benzene rings is 1. The number of hydrogen-bond donors (Lipinski definition) is 1. The van der Waals surface area contributed by atoms with Crippen molar-refractivity contribution in [2.45, 2.75) is 27.7 Å². The summed E-state index contributed by atoms with van der Waals surface area (Å²) in [6, 6.07) is 4.23. The Labute approximate surface area is 91.9 Å². The molecule has 0 atom stereocenters. The van der Waals surface area contributed by atoms with Crippen molar-refractivity contribution >= 4 is 5.69 Å². The fourth-order valence-electron chi connectivity index (χ4n) is 1.73. The minimum atomic E-state index is 0.101. The van der Waals surface area contributed by atoms with E-state index in [0.717, 1.165) is 17.8 Å². The van der Waals surface area contributed by atoms with Crippen LogP contribution in [0.25, 0.3) is 0 Å². The van der Waals surface area contributed by atoms with Gasteiger partial charge in [0.2, 0.25) is 0 Å². The molecule has 0 unspecified atom stereocenters. The minimum Gasteiger partial charge on any atom is -0.495 e. The predicted octanol–water partition coefficient (Wildman–Crippen LogP) is 3.47. The largest absolute Gasteiger partial charge is 0.495 e. The molecule has 0 heterocycles. The van der Waals surface area contributed by atoms with Gasteiger partial charge in [-0.2, -0.15) is 0 Å². The molecule has 15 heavy (non-hydrogen) atoms. The molecule has 1 aromatic rings. The molecule has 1 rings (SSSR count). The Kier molecular flexibility index (Phi) is 3.40. The number of aliphatic hydroxyl groups excluding tert-OH is 1. The van der Waals surface area contributed by atoms with Crippen LogP contribution in [0.15, 0.2) is 24.6 Å². The highest BCUT2D eigenvalue weighted by Crippen LogP contribution is 2.25. The fourth-order valence-corrected chi connectivity index (χ4v) is 1.73. The molecule has 0 fully saturated rings. The van der Waals surface area contributed by atoms with Crippen LogP contribution in [-0.4, -0.2) is 11.7 Å². The van der Waals surface area contributed by atoms with Gasteiger partial charge in [0.05, 0.1) is 0 Å². The first kappa shape index (κ1) is 11.6. The normalized spacial score (nSPS) is 10.1. The summed E-state index contributed by atoms with van der Waals surface area (Å²) in [5.74, 6) is 0.101. The molecule has 82 valence electrons. The first-order valence-electron chi connectivity index (χ1n) is 5.20. The summed E-state index contributed by atoms with van der Waals surface area (Å²) < 4.78 is 0. The minimum absolute atomic E-state index is 0.101. The highest BCUT2D eigenvalue weighted by Gasteiger charge is 2.10. The van der Waals surface area contributed by atoms with E-state index in [2.05, 4.69) is 32.6 Å². The first-order chi connectivity index (χ1) is 6.97. The van der Waals surface area contributed by atoms with Gasteiger partial charge in [-0.15, -0.1) is 0 Å². The van der Waals surface area contributed by atoms with E-state index in [1.165, 1.54) is 11.1 Å². The zero-order valence-electron chi connectivity index (χ0n) is 9.96. The van der Waals surface area contributed by atoms with Crippen LogP contribution in [-0.2, 0) is 0 Å². The van der Waals surface area contributed by atoms with Gasteiger partial charge in [0.15, 0.2) is 5.88 Å². The molecular formula is C13H19NO. The smallest absolute Gasteiger partial charge is 0.183 e. The molecule has 0 radical (unpaired) electrons. The van der Waals surface area contributed by atoms with E-state index < -0.39 is 0 Å². The monoisotopic (exact) mass is 205 g/mol. The van der Waals surface area contributed by atoms with Gasteiger partial charge in [-0.3, -0.25) is 0 Å². The van der Waals surface area contributed by atoms with Crippen molar-refractivity contribution in [3.63, 3.8) is 0 Å². The fraction of sp³-hybridized carbons (Fsp3) is 0.385. The standard InChI is InChI=1S/C13H19NO/c1-6-14(12(5)15)13-8-10(3)9(2)7-11(13)4/h7-8,15H,5-6H2,1-4H3. The quantitative estimate of drug-likeness (QED) is 0.764. The summed E-state index contributed by atoms with van der Waals surface area (Å²) in [6.45, 7) is 12.5. The van der Waals surface area contributed by atoms with Crippen molar-refractivity contribution < 1.29 is 5.11 Å². The van der Waals surface area contributed by atoms with E-state index in [-0.39, 0.29) is 5.88 Å². The predicted molar refractivity (Wildman–Crippen MR) is 65.4 cm³/mol. The van der Waals surface area contributed by atoms with E-state index >= 15 is 0 Å². The molecular weight excluding hydrogens is 186 g/mol. The molecule has 0 aromatic heterocycles.